The molecule has 0 bridgehead atoms. The molecule has 0 heterocycles. The van der Waals surface area contributed by atoms with Crippen LogP contribution in [-0.4, -0.2) is 33.7 Å². The van der Waals surface area contributed by atoms with Gasteiger partial charge < -0.3 is 10.2 Å². The Morgan fingerprint density at radius 1 is 0.973 bits per heavy atom. The summed E-state index contributed by atoms with van der Waals surface area (Å²) in [5.41, 5.74) is 1.46. The molecule has 2 atom stereocenters. The third kappa shape index (κ3) is 7.54. The highest BCUT2D eigenvalue weighted by Gasteiger charge is 2.32. The molecule has 194 valence electrons. The molecule has 37 heavy (non-hydrogen) atoms. The number of nitrogens with one attached hydrogen (secondary N) is 1. The van der Waals surface area contributed by atoms with E-state index in [-0.39, 0.29) is 42.6 Å². The Labute approximate surface area is 226 Å². The normalized spacial score (nSPS) is 12.4. The van der Waals surface area contributed by atoms with Gasteiger partial charge in [-0.1, -0.05) is 84.7 Å². The summed E-state index contributed by atoms with van der Waals surface area (Å²) in [5.74, 6) is -0.775. The smallest absolute Gasteiger partial charge is 0.273 e. The summed E-state index contributed by atoms with van der Waals surface area (Å²) in [6, 6.07) is 19.5. The molecule has 0 saturated carbocycles. The molecule has 2 amide bonds. The van der Waals surface area contributed by atoms with Crippen LogP contribution in [0.2, 0.25) is 10.0 Å². The average Bonchev–Trinajstić information content (AvgIpc) is 2.88. The lowest BCUT2D eigenvalue weighted by atomic mass is 10.0. The van der Waals surface area contributed by atoms with Crippen molar-refractivity contribution in [1.29, 1.82) is 0 Å². The van der Waals surface area contributed by atoms with Crippen molar-refractivity contribution in [3.63, 3.8) is 0 Å². The molecule has 1 N–H and O–H groups in total. The summed E-state index contributed by atoms with van der Waals surface area (Å²) < 4.78 is 0. The fourth-order valence-corrected chi connectivity index (χ4v) is 4.47. The minimum absolute atomic E-state index is 0.0383. The Bertz CT molecular complexity index is 1230. The van der Waals surface area contributed by atoms with Crippen LogP contribution >= 0.6 is 23.2 Å². The van der Waals surface area contributed by atoms with Gasteiger partial charge in [-0.15, -0.1) is 0 Å². The molecule has 0 fully saturated rings. The SMILES string of the molecule is CC[C@@H](C)NC(=O)[C@H](Cc1ccccc1)N(Cc1c(Cl)cccc1Cl)C(=O)Cc1ccccc1[N+](=O)[O-]. The second-order valence-corrected chi connectivity index (χ2v) is 9.62. The minimum Gasteiger partial charge on any atom is -0.352 e. The molecule has 7 nitrogen and oxygen atoms in total. The number of carbonyl (C=O) groups excluding carboxylic acids is 2. The standard InChI is InChI=1S/C28H29Cl2N3O4/c1-3-19(2)31-28(35)26(16-20-10-5-4-6-11-20)32(18-22-23(29)13-9-14-24(22)30)27(34)17-21-12-7-8-15-25(21)33(36)37/h4-15,19,26H,3,16-18H2,1-2H3,(H,31,35)/t19-,26+/m1/s1. The van der Waals surface area contributed by atoms with Crippen molar-refractivity contribution in [2.24, 2.45) is 0 Å². The van der Waals surface area contributed by atoms with Gasteiger partial charge >= 0.3 is 0 Å². The molecule has 3 aromatic carbocycles. The Balaban J connectivity index is 2.07. The van der Waals surface area contributed by atoms with E-state index in [4.69, 9.17) is 23.2 Å². The molecule has 0 aromatic heterocycles. The maximum absolute atomic E-state index is 13.8. The summed E-state index contributed by atoms with van der Waals surface area (Å²) in [6.07, 6.45) is 0.694. The number of nitro groups is 1. The van der Waals surface area contributed by atoms with Crippen molar-refractivity contribution < 1.29 is 14.5 Å². The van der Waals surface area contributed by atoms with Gasteiger partial charge in [0.05, 0.1) is 11.3 Å². The second-order valence-electron chi connectivity index (χ2n) is 8.81. The number of nitrogens with zero attached hydrogens (tertiary/aromatic N) is 2. The zero-order valence-electron chi connectivity index (χ0n) is 20.7. The van der Waals surface area contributed by atoms with E-state index in [2.05, 4.69) is 5.32 Å². The first-order chi connectivity index (χ1) is 17.7. The molecule has 0 aliphatic heterocycles. The monoisotopic (exact) mass is 541 g/mol. The van der Waals surface area contributed by atoms with E-state index in [1.165, 1.54) is 11.0 Å². The van der Waals surface area contributed by atoms with Gasteiger partial charge in [-0.3, -0.25) is 19.7 Å². The molecule has 0 radical (unpaired) electrons. The number of rotatable bonds is 11. The van der Waals surface area contributed by atoms with Gasteiger partial charge in [0.15, 0.2) is 0 Å². The Morgan fingerprint density at radius 3 is 2.22 bits per heavy atom. The summed E-state index contributed by atoms with van der Waals surface area (Å²) in [7, 11) is 0. The van der Waals surface area contributed by atoms with Gasteiger partial charge in [0, 0.05) is 46.2 Å². The molecular formula is C28H29Cl2N3O4. The van der Waals surface area contributed by atoms with Crippen LogP contribution in [-0.2, 0) is 29.0 Å². The highest BCUT2D eigenvalue weighted by atomic mass is 35.5. The van der Waals surface area contributed by atoms with Gasteiger partial charge in [0.25, 0.3) is 5.69 Å². The van der Waals surface area contributed by atoms with E-state index in [0.717, 1.165) is 5.56 Å². The quantitative estimate of drug-likeness (QED) is 0.238. The van der Waals surface area contributed by atoms with Crippen molar-refractivity contribution in [3.05, 3.63) is 110 Å². The molecule has 3 rings (SSSR count). The number of benzene rings is 3. The van der Waals surface area contributed by atoms with Crippen LogP contribution in [0.3, 0.4) is 0 Å². The zero-order chi connectivity index (χ0) is 26.9. The van der Waals surface area contributed by atoms with Crippen LogP contribution in [0, 0.1) is 10.1 Å². The van der Waals surface area contributed by atoms with Crippen molar-refractivity contribution in [2.45, 2.75) is 51.7 Å². The Hall–Kier alpha value is -3.42. The highest BCUT2D eigenvalue weighted by molar-refractivity contribution is 6.36. The number of nitro benzene ring substituents is 1. The first-order valence-corrected chi connectivity index (χ1v) is 12.8. The van der Waals surface area contributed by atoms with E-state index in [0.29, 0.717) is 22.0 Å². The molecule has 0 spiro atoms. The number of hydrogen-bond acceptors (Lipinski definition) is 4. The predicted octanol–water partition coefficient (Wildman–Crippen LogP) is 6.00. The first kappa shape index (κ1) is 28.2. The highest BCUT2D eigenvalue weighted by Crippen LogP contribution is 2.28. The number of hydrogen-bond donors (Lipinski definition) is 1. The maximum atomic E-state index is 13.8. The first-order valence-electron chi connectivity index (χ1n) is 12.0. The van der Waals surface area contributed by atoms with Gasteiger partial charge in [0.2, 0.25) is 11.8 Å². The maximum Gasteiger partial charge on any atom is 0.273 e. The lowest BCUT2D eigenvalue weighted by Crippen LogP contribution is -2.52. The van der Waals surface area contributed by atoms with Gasteiger partial charge in [0.1, 0.15) is 6.04 Å². The van der Waals surface area contributed by atoms with Gasteiger partial charge in [-0.25, -0.2) is 0 Å². The fraction of sp³-hybridized carbons (Fsp3) is 0.286. The second kappa shape index (κ2) is 13.2. The summed E-state index contributed by atoms with van der Waals surface area (Å²) in [4.78, 5) is 39.9. The van der Waals surface area contributed by atoms with Crippen molar-refractivity contribution in [3.8, 4) is 0 Å². The van der Waals surface area contributed by atoms with E-state index in [1.807, 2.05) is 44.2 Å². The molecule has 0 saturated heterocycles. The number of para-hydroxylation sites is 1. The third-order valence-corrected chi connectivity index (χ3v) is 6.90. The number of halogens is 2. The van der Waals surface area contributed by atoms with E-state index in [1.54, 1.807) is 36.4 Å². The lowest BCUT2D eigenvalue weighted by Gasteiger charge is -2.33. The van der Waals surface area contributed by atoms with Gasteiger partial charge in [-0.2, -0.15) is 0 Å². The van der Waals surface area contributed by atoms with Gasteiger partial charge in [-0.05, 0) is 31.0 Å². The van der Waals surface area contributed by atoms with Crippen LogP contribution in [0.1, 0.15) is 37.0 Å². The Kier molecular flexibility index (Phi) is 10.1. The number of amides is 2. The fourth-order valence-electron chi connectivity index (χ4n) is 3.95. The molecule has 0 unspecified atom stereocenters. The van der Waals surface area contributed by atoms with Crippen LogP contribution in [0.4, 0.5) is 5.69 Å². The van der Waals surface area contributed by atoms with Crippen LogP contribution in [0.15, 0.2) is 72.8 Å². The van der Waals surface area contributed by atoms with E-state index in [9.17, 15) is 19.7 Å². The van der Waals surface area contributed by atoms with Crippen molar-refractivity contribution >= 4 is 40.7 Å². The molecular weight excluding hydrogens is 513 g/mol. The molecule has 3 aromatic rings. The molecule has 0 aliphatic carbocycles. The molecule has 0 aliphatic rings. The van der Waals surface area contributed by atoms with Crippen molar-refractivity contribution in [1.82, 2.24) is 10.2 Å². The third-order valence-electron chi connectivity index (χ3n) is 6.19. The zero-order valence-corrected chi connectivity index (χ0v) is 22.2. The number of carbonyl (C=O) groups is 2. The van der Waals surface area contributed by atoms with E-state index >= 15 is 0 Å². The predicted molar refractivity (Wildman–Crippen MR) is 146 cm³/mol. The Morgan fingerprint density at radius 2 is 1.59 bits per heavy atom. The van der Waals surface area contributed by atoms with E-state index < -0.39 is 16.9 Å². The summed E-state index contributed by atoms with van der Waals surface area (Å²) >= 11 is 12.9. The summed E-state index contributed by atoms with van der Waals surface area (Å²) in [5, 5.41) is 15.3. The van der Waals surface area contributed by atoms with Crippen LogP contribution in [0.25, 0.3) is 0 Å². The largest absolute Gasteiger partial charge is 0.352 e. The minimum atomic E-state index is -0.904. The van der Waals surface area contributed by atoms with Crippen LogP contribution in [0.5, 0.6) is 0 Å². The summed E-state index contributed by atoms with van der Waals surface area (Å²) in [6.45, 7) is 3.81. The lowest BCUT2D eigenvalue weighted by molar-refractivity contribution is -0.385. The van der Waals surface area contributed by atoms with Crippen LogP contribution < -0.4 is 5.32 Å². The topological polar surface area (TPSA) is 92.6 Å². The van der Waals surface area contributed by atoms with Crippen molar-refractivity contribution in [2.75, 3.05) is 0 Å². The molecule has 9 heteroatoms. The average molecular weight is 542 g/mol.